The second-order valence-corrected chi connectivity index (χ2v) is 11.1. The van der Waals surface area contributed by atoms with Crippen LogP contribution in [0.25, 0.3) is 0 Å². The van der Waals surface area contributed by atoms with Crippen molar-refractivity contribution in [1.82, 2.24) is 0 Å². The number of ketones is 2. The molecule has 204 valence electrons. The van der Waals surface area contributed by atoms with Crippen LogP contribution in [0.4, 0.5) is 0 Å². The molecule has 0 radical (unpaired) electrons. The minimum Gasteiger partial charge on any atom is -0.390 e. The third-order valence-electron chi connectivity index (χ3n) is 8.21. The highest BCUT2D eigenvalue weighted by molar-refractivity contribution is 5.79. The van der Waals surface area contributed by atoms with E-state index in [1.165, 1.54) is 0 Å². The van der Waals surface area contributed by atoms with Crippen molar-refractivity contribution in [2.24, 2.45) is 5.92 Å². The normalized spacial score (nSPS) is 39.7. The first-order valence-corrected chi connectivity index (χ1v) is 13.5. The van der Waals surface area contributed by atoms with Gasteiger partial charge in [-0.3, -0.25) is 9.59 Å². The molecule has 4 saturated heterocycles. The second kappa shape index (κ2) is 12.6. The van der Waals surface area contributed by atoms with Gasteiger partial charge in [-0.15, -0.1) is 0 Å². The number of fused-ring (bicyclic) bond motifs is 1. The zero-order valence-electron chi connectivity index (χ0n) is 21.3. The third kappa shape index (κ3) is 7.01. The fourth-order valence-corrected chi connectivity index (χ4v) is 5.93. The van der Waals surface area contributed by atoms with E-state index in [-0.39, 0.29) is 55.1 Å². The average Bonchev–Trinajstić information content (AvgIpc) is 3.46. The molecule has 0 aromatic rings. The summed E-state index contributed by atoms with van der Waals surface area (Å²) in [4.78, 5) is 24.9. The molecule has 0 aliphatic carbocycles. The highest BCUT2D eigenvalue weighted by Crippen LogP contribution is 2.35. The fourth-order valence-electron chi connectivity index (χ4n) is 5.93. The van der Waals surface area contributed by atoms with Crippen molar-refractivity contribution < 1.29 is 43.9 Å². The van der Waals surface area contributed by atoms with Gasteiger partial charge in [0.1, 0.15) is 36.0 Å². The first-order chi connectivity index (χ1) is 17.2. The van der Waals surface area contributed by atoms with Gasteiger partial charge in [0, 0.05) is 32.3 Å². The van der Waals surface area contributed by atoms with Gasteiger partial charge in [0.15, 0.2) is 0 Å². The van der Waals surface area contributed by atoms with E-state index in [0.29, 0.717) is 45.3 Å². The molecule has 4 heterocycles. The van der Waals surface area contributed by atoms with Gasteiger partial charge in [0.25, 0.3) is 0 Å². The molecule has 4 rings (SSSR count). The Labute approximate surface area is 213 Å². The summed E-state index contributed by atoms with van der Waals surface area (Å²) in [5, 5.41) is 32.1. The Bertz CT molecular complexity index is 783. The Morgan fingerprint density at radius 2 is 1.81 bits per heavy atom. The number of rotatable bonds is 11. The van der Waals surface area contributed by atoms with E-state index < -0.39 is 36.6 Å². The third-order valence-corrected chi connectivity index (χ3v) is 8.21. The van der Waals surface area contributed by atoms with Crippen LogP contribution >= 0.6 is 0 Å². The Hall–Kier alpha value is -1.20. The van der Waals surface area contributed by atoms with Crippen molar-refractivity contribution in [2.75, 3.05) is 13.2 Å². The SMILES string of the molecule is C=C1COC(CCC(=O)CCC(O)C2OC3CCC(CC(=O)CC4CCO[C@H]4C)O[C@@H]3C(O)C2O)C1. The van der Waals surface area contributed by atoms with Gasteiger partial charge < -0.3 is 34.3 Å². The summed E-state index contributed by atoms with van der Waals surface area (Å²) < 4.78 is 23.1. The molecule has 0 bridgehead atoms. The zero-order valence-corrected chi connectivity index (χ0v) is 21.3. The lowest BCUT2D eigenvalue weighted by Crippen LogP contribution is -2.63. The number of aliphatic hydroxyl groups is 3. The molecule has 0 spiro atoms. The van der Waals surface area contributed by atoms with Crippen LogP contribution in [0.5, 0.6) is 0 Å². The van der Waals surface area contributed by atoms with Gasteiger partial charge >= 0.3 is 0 Å². The zero-order chi connectivity index (χ0) is 25.8. The van der Waals surface area contributed by atoms with E-state index in [4.69, 9.17) is 18.9 Å². The van der Waals surface area contributed by atoms with Crippen LogP contribution in [-0.4, -0.2) is 95.0 Å². The van der Waals surface area contributed by atoms with Crippen molar-refractivity contribution >= 4 is 11.6 Å². The van der Waals surface area contributed by atoms with E-state index >= 15 is 0 Å². The molecule has 9 nitrogen and oxygen atoms in total. The van der Waals surface area contributed by atoms with E-state index in [1.807, 2.05) is 6.92 Å². The molecule has 0 saturated carbocycles. The quantitative estimate of drug-likeness (QED) is 0.355. The summed E-state index contributed by atoms with van der Waals surface area (Å²) in [7, 11) is 0. The van der Waals surface area contributed by atoms with Gasteiger partial charge in [0.05, 0.1) is 37.1 Å². The summed E-state index contributed by atoms with van der Waals surface area (Å²) in [5.41, 5.74) is 1.04. The minimum absolute atomic E-state index is 0.0194. The van der Waals surface area contributed by atoms with Crippen LogP contribution in [0.3, 0.4) is 0 Å². The molecule has 4 aliphatic rings. The lowest BCUT2D eigenvalue weighted by molar-refractivity contribution is -0.277. The van der Waals surface area contributed by atoms with Crippen molar-refractivity contribution in [1.29, 1.82) is 0 Å². The highest BCUT2D eigenvalue weighted by atomic mass is 16.6. The summed E-state index contributed by atoms with van der Waals surface area (Å²) in [6.45, 7) is 7.13. The molecule has 9 heteroatoms. The van der Waals surface area contributed by atoms with Crippen molar-refractivity contribution in [3.8, 4) is 0 Å². The first kappa shape index (κ1) is 27.8. The number of carbonyl (C=O) groups excluding carboxylic acids is 2. The second-order valence-electron chi connectivity index (χ2n) is 11.1. The number of aliphatic hydroxyl groups excluding tert-OH is 3. The highest BCUT2D eigenvalue weighted by Gasteiger charge is 2.50. The van der Waals surface area contributed by atoms with E-state index in [1.54, 1.807) is 0 Å². The molecule has 0 aromatic carbocycles. The number of hydrogen-bond acceptors (Lipinski definition) is 9. The Kier molecular flexibility index (Phi) is 9.71. The topological polar surface area (TPSA) is 132 Å². The molecule has 4 aliphatic heterocycles. The van der Waals surface area contributed by atoms with Crippen LogP contribution in [0.1, 0.15) is 71.1 Å². The van der Waals surface area contributed by atoms with Crippen LogP contribution in [0.15, 0.2) is 12.2 Å². The maximum Gasteiger partial charge on any atom is 0.135 e. The molecule has 0 amide bonds. The Balaban J connectivity index is 1.20. The van der Waals surface area contributed by atoms with Gasteiger partial charge in [-0.1, -0.05) is 6.58 Å². The summed E-state index contributed by atoms with van der Waals surface area (Å²) in [6, 6.07) is 0. The molecule has 8 unspecified atom stereocenters. The van der Waals surface area contributed by atoms with Crippen molar-refractivity contribution in [3.05, 3.63) is 12.2 Å². The lowest BCUT2D eigenvalue weighted by Gasteiger charge is -2.47. The maximum atomic E-state index is 12.6. The lowest BCUT2D eigenvalue weighted by atomic mass is 9.85. The van der Waals surface area contributed by atoms with E-state index in [2.05, 4.69) is 6.58 Å². The first-order valence-electron chi connectivity index (χ1n) is 13.5. The number of Topliss-reactive ketones (excluding diaryl/α,β-unsaturated/α-hetero) is 2. The van der Waals surface area contributed by atoms with Gasteiger partial charge in [0.2, 0.25) is 0 Å². The summed E-state index contributed by atoms with van der Waals surface area (Å²) >= 11 is 0. The van der Waals surface area contributed by atoms with E-state index in [9.17, 15) is 24.9 Å². The predicted octanol–water partition coefficient (Wildman–Crippen LogP) is 1.63. The van der Waals surface area contributed by atoms with Gasteiger partial charge in [-0.25, -0.2) is 0 Å². The Morgan fingerprint density at radius 1 is 1.00 bits per heavy atom. The molecule has 0 aromatic heterocycles. The molecular formula is C27H42O9. The average molecular weight is 511 g/mol. The van der Waals surface area contributed by atoms with Gasteiger partial charge in [-0.2, -0.15) is 0 Å². The van der Waals surface area contributed by atoms with Crippen LogP contribution in [0, 0.1) is 5.92 Å². The largest absolute Gasteiger partial charge is 0.390 e. The van der Waals surface area contributed by atoms with Crippen LogP contribution in [-0.2, 0) is 28.5 Å². The smallest absolute Gasteiger partial charge is 0.135 e. The van der Waals surface area contributed by atoms with Crippen LogP contribution < -0.4 is 0 Å². The fraction of sp³-hybridized carbons (Fsp3) is 0.852. The monoisotopic (exact) mass is 510 g/mol. The molecule has 3 N–H and O–H groups in total. The predicted molar refractivity (Wildman–Crippen MR) is 129 cm³/mol. The Morgan fingerprint density at radius 3 is 2.50 bits per heavy atom. The standard InChI is InChI=1S/C27H42O9/c1-15-11-20(34-14-15)5-3-18(28)4-7-22(30)26-24(31)25(32)27-23(36-26)8-6-21(35-27)13-19(29)12-17-9-10-33-16(17)2/h16-17,20-27,30-32H,1,3-14H2,2H3/t16-,17?,20?,21?,22?,23?,24?,25?,26?,27-/m0/s1. The number of hydrogen-bond donors (Lipinski definition) is 3. The molecule has 10 atom stereocenters. The van der Waals surface area contributed by atoms with Crippen LogP contribution in [0.2, 0.25) is 0 Å². The minimum atomic E-state index is -1.35. The van der Waals surface area contributed by atoms with Gasteiger partial charge in [-0.05, 0) is 56.9 Å². The molecule has 4 fully saturated rings. The summed E-state index contributed by atoms with van der Waals surface area (Å²) in [5.74, 6) is 0.380. The molecular weight excluding hydrogens is 468 g/mol. The molecule has 36 heavy (non-hydrogen) atoms. The summed E-state index contributed by atoms with van der Waals surface area (Å²) in [6.07, 6.45) is -1.25. The maximum absolute atomic E-state index is 12.6. The van der Waals surface area contributed by atoms with Crippen molar-refractivity contribution in [3.63, 3.8) is 0 Å². The number of ether oxygens (including phenoxy) is 4. The van der Waals surface area contributed by atoms with Crippen molar-refractivity contribution in [2.45, 2.75) is 126 Å². The number of carbonyl (C=O) groups is 2. The van der Waals surface area contributed by atoms with E-state index in [0.717, 1.165) is 18.4 Å².